The van der Waals surface area contributed by atoms with Gasteiger partial charge in [0.05, 0.1) is 48.3 Å². The number of aromatic nitrogens is 2. The average Bonchev–Trinajstić information content (AvgIpc) is 2.88. The quantitative estimate of drug-likeness (QED) is 0.753. The SMILES string of the molecule is CCCNC(c1c(Br)cnn1CCOC)C1CSCCO1. The molecule has 1 aromatic heterocycles. The number of ether oxygens (including phenoxy) is 2. The van der Waals surface area contributed by atoms with Gasteiger partial charge in [-0.2, -0.15) is 16.9 Å². The van der Waals surface area contributed by atoms with Crippen LogP contribution in [0.3, 0.4) is 0 Å². The van der Waals surface area contributed by atoms with Crippen LogP contribution in [-0.2, 0) is 16.0 Å². The highest BCUT2D eigenvalue weighted by Crippen LogP contribution is 2.30. The molecule has 0 radical (unpaired) electrons. The number of nitrogens with zero attached hydrogens (tertiary/aromatic N) is 2. The van der Waals surface area contributed by atoms with Crippen molar-refractivity contribution in [3.8, 4) is 0 Å². The summed E-state index contributed by atoms with van der Waals surface area (Å²) in [7, 11) is 1.71. The molecule has 2 rings (SSSR count). The maximum atomic E-state index is 6.00. The zero-order valence-corrected chi connectivity index (χ0v) is 15.1. The van der Waals surface area contributed by atoms with Crippen molar-refractivity contribution in [3.63, 3.8) is 0 Å². The van der Waals surface area contributed by atoms with Gasteiger partial charge in [0.25, 0.3) is 0 Å². The number of hydrogen-bond acceptors (Lipinski definition) is 5. The van der Waals surface area contributed by atoms with Crippen molar-refractivity contribution in [1.82, 2.24) is 15.1 Å². The van der Waals surface area contributed by atoms with Crippen molar-refractivity contribution in [2.75, 3.05) is 38.4 Å². The van der Waals surface area contributed by atoms with E-state index in [1.165, 1.54) is 0 Å². The maximum absolute atomic E-state index is 6.00. The van der Waals surface area contributed by atoms with E-state index in [0.717, 1.165) is 47.8 Å². The van der Waals surface area contributed by atoms with Gasteiger partial charge in [-0.15, -0.1) is 0 Å². The van der Waals surface area contributed by atoms with E-state index < -0.39 is 0 Å². The molecule has 120 valence electrons. The van der Waals surface area contributed by atoms with Gasteiger partial charge in [0.2, 0.25) is 0 Å². The van der Waals surface area contributed by atoms with Gasteiger partial charge in [-0.25, -0.2) is 0 Å². The van der Waals surface area contributed by atoms with Crippen LogP contribution >= 0.6 is 27.7 Å². The molecule has 0 amide bonds. The van der Waals surface area contributed by atoms with E-state index >= 15 is 0 Å². The molecule has 2 unspecified atom stereocenters. The standard InChI is InChI=1S/C14H24BrN3O2S/c1-3-4-16-13(12-10-21-8-7-20-12)14-11(15)9-17-18(14)5-6-19-2/h9,12-13,16H,3-8,10H2,1-2H3. The number of rotatable bonds is 8. The second-order valence-corrected chi connectivity index (χ2v) is 7.01. The van der Waals surface area contributed by atoms with Crippen molar-refractivity contribution < 1.29 is 9.47 Å². The summed E-state index contributed by atoms with van der Waals surface area (Å²) in [5, 5.41) is 8.09. The van der Waals surface area contributed by atoms with Crippen molar-refractivity contribution in [3.05, 3.63) is 16.4 Å². The van der Waals surface area contributed by atoms with Crippen LogP contribution in [0.5, 0.6) is 0 Å². The second kappa shape index (κ2) is 9.15. The smallest absolute Gasteiger partial charge is 0.0875 e. The molecule has 1 aliphatic rings. The van der Waals surface area contributed by atoms with E-state index in [9.17, 15) is 0 Å². The van der Waals surface area contributed by atoms with E-state index in [2.05, 4.69) is 33.3 Å². The fourth-order valence-corrected chi connectivity index (χ4v) is 3.88. The third kappa shape index (κ3) is 4.69. The maximum Gasteiger partial charge on any atom is 0.0875 e. The fraction of sp³-hybridized carbons (Fsp3) is 0.786. The van der Waals surface area contributed by atoms with Crippen LogP contribution in [0.2, 0.25) is 0 Å². The van der Waals surface area contributed by atoms with Gasteiger partial charge in [0.1, 0.15) is 0 Å². The Morgan fingerprint density at radius 3 is 3.19 bits per heavy atom. The molecule has 0 aliphatic carbocycles. The minimum Gasteiger partial charge on any atom is -0.383 e. The van der Waals surface area contributed by atoms with Crippen LogP contribution < -0.4 is 5.32 Å². The molecular formula is C14H24BrN3O2S. The zero-order valence-electron chi connectivity index (χ0n) is 12.7. The van der Waals surface area contributed by atoms with E-state index in [1.54, 1.807) is 7.11 Å². The summed E-state index contributed by atoms with van der Waals surface area (Å²) in [6.07, 6.45) is 3.14. The van der Waals surface area contributed by atoms with Crippen molar-refractivity contribution >= 4 is 27.7 Å². The summed E-state index contributed by atoms with van der Waals surface area (Å²) in [6, 6.07) is 0.159. The minimum atomic E-state index is 0.159. The third-order valence-electron chi connectivity index (χ3n) is 3.46. The molecule has 2 heterocycles. The summed E-state index contributed by atoms with van der Waals surface area (Å²) in [5.41, 5.74) is 1.16. The average molecular weight is 378 g/mol. The molecule has 0 saturated carbocycles. The van der Waals surface area contributed by atoms with Gasteiger partial charge in [-0.05, 0) is 28.9 Å². The number of thioether (sulfide) groups is 1. The lowest BCUT2D eigenvalue weighted by molar-refractivity contribution is 0.0437. The van der Waals surface area contributed by atoms with Crippen LogP contribution in [0.25, 0.3) is 0 Å². The van der Waals surface area contributed by atoms with Crippen LogP contribution in [0.15, 0.2) is 10.7 Å². The van der Waals surface area contributed by atoms with E-state index in [4.69, 9.17) is 9.47 Å². The number of nitrogens with one attached hydrogen (secondary N) is 1. The van der Waals surface area contributed by atoms with Gasteiger partial charge in [-0.1, -0.05) is 6.92 Å². The molecule has 5 nitrogen and oxygen atoms in total. The van der Waals surface area contributed by atoms with Crippen molar-refractivity contribution in [1.29, 1.82) is 0 Å². The van der Waals surface area contributed by atoms with Gasteiger partial charge in [-0.3, -0.25) is 4.68 Å². The summed E-state index contributed by atoms with van der Waals surface area (Å²) in [5.74, 6) is 2.10. The summed E-state index contributed by atoms with van der Waals surface area (Å²) < 4.78 is 14.2. The predicted octanol–water partition coefficient (Wildman–Crippen LogP) is 2.46. The Bertz CT molecular complexity index is 424. The second-order valence-electron chi connectivity index (χ2n) is 5.01. The van der Waals surface area contributed by atoms with Crippen LogP contribution in [0, 0.1) is 0 Å². The molecule has 1 aliphatic heterocycles. The highest BCUT2D eigenvalue weighted by atomic mass is 79.9. The predicted molar refractivity (Wildman–Crippen MR) is 89.9 cm³/mol. The fourth-order valence-electron chi connectivity index (χ4n) is 2.44. The third-order valence-corrected chi connectivity index (χ3v) is 5.09. The van der Waals surface area contributed by atoms with Crippen LogP contribution in [-0.4, -0.2) is 54.3 Å². The van der Waals surface area contributed by atoms with E-state index in [0.29, 0.717) is 6.61 Å². The molecule has 7 heteroatoms. The molecule has 0 spiro atoms. The Balaban J connectivity index is 2.19. The normalized spacial score (nSPS) is 20.6. The van der Waals surface area contributed by atoms with Gasteiger partial charge in [0, 0.05) is 18.6 Å². The van der Waals surface area contributed by atoms with Gasteiger partial charge in [0.15, 0.2) is 0 Å². The topological polar surface area (TPSA) is 48.3 Å². The van der Waals surface area contributed by atoms with Gasteiger partial charge < -0.3 is 14.8 Å². The summed E-state index contributed by atoms with van der Waals surface area (Å²) in [4.78, 5) is 0. The molecule has 1 aromatic rings. The first-order chi connectivity index (χ1) is 10.3. The Labute approximate surface area is 139 Å². The van der Waals surface area contributed by atoms with Crippen molar-refractivity contribution in [2.24, 2.45) is 0 Å². The lowest BCUT2D eigenvalue weighted by atomic mass is 10.1. The molecule has 2 atom stereocenters. The lowest BCUT2D eigenvalue weighted by Crippen LogP contribution is -2.40. The molecule has 1 N–H and O–H groups in total. The lowest BCUT2D eigenvalue weighted by Gasteiger charge is -2.31. The highest BCUT2D eigenvalue weighted by molar-refractivity contribution is 9.10. The Morgan fingerprint density at radius 1 is 1.67 bits per heavy atom. The largest absolute Gasteiger partial charge is 0.383 e. The highest BCUT2D eigenvalue weighted by Gasteiger charge is 2.30. The molecule has 1 saturated heterocycles. The first-order valence-electron chi connectivity index (χ1n) is 7.40. The summed E-state index contributed by atoms with van der Waals surface area (Å²) in [6.45, 7) is 5.38. The van der Waals surface area contributed by atoms with Gasteiger partial charge >= 0.3 is 0 Å². The molecular weight excluding hydrogens is 354 g/mol. The first-order valence-corrected chi connectivity index (χ1v) is 9.35. The summed E-state index contributed by atoms with van der Waals surface area (Å²) >= 11 is 5.60. The number of methoxy groups -OCH3 is 1. The van der Waals surface area contributed by atoms with E-state index in [-0.39, 0.29) is 12.1 Å². The zero-order chi connectivity index (χ0) is 15.1. The molecule has 21 heavy (non-hydrogen) atoms. The Hall–Kier alpha value is -0.0800. The van der Waals surface area contributed by atoms with Crippen LogP contribution in [0.1, 0.15) is 25.1 Å². The number of hydrogen-bond donors (Lipinski definition) is 1. The monoisotopic (exact) mass is 377 g/mol. The Morgan fingerprint density at radius 2 is 2.52 bits per heavy atom. The molecule has 0 bridgehead atoms. The number of halogens is 1. The minimum absolute atomic E-state index is 0.159. The Kier molecular flexibility index (Phi) is 7.53. The first kappa shape index (κ1) is 17.3. The van der Waals surface area contributed by atoms with E-state index in [1.807, 2.05) is 22.6 Å². The molecule has 1 fully saturated rings. The van der Waals surface area contributed by atoms with Crippen molar-refractivity contribution in [2.45, 2.75) is 32.0 Å². The van der Waals surface area contributed by atoms with Crippen LogP contribution in [0.4, 0.5) is 0 Å². The molecule has 0 aromatic carbocycles.